The Morgan fingerprint density at radius 3 is 2.61 bits per heavy atom. The molecule has 28 heavy (non-hydrogen) atoms. The molecule has 0 radical (unpaired) electrons. The molecule has 0 aliphatic carbocycles. The Labute approximate surface area is 163 Å². The number of piperidine rings is 1. The third kappa shape index (κ3) is 6.57. The van der Waals surface area contributed by atoms with Crippen molar-refractivity contribution in [3.05, 3.63) is 35.9 Å². The Kier molecular flexibility index (Phi) is 6.97. The van der Waals surface area contributed by atoms with E-state index in [4.69, 9.17) is 15.2 Å². The summed E-state index contributed by atoms with van der Waals surface area (Å²) in [6.45, 7) is 5.54. The van der Waals surface area contributed by atoms with E-state index >= 15 is 0 Å². The van der Waals surface area contributed by atoms with E-state index in [-0.39, 0.29) is 12.6 Å². The second kappa shape index (κ2) is 9.20. The fraction of sp³-hybridized carbons (Fsp3) is 0.474. The summed E-state index contributed by atoms with van der Waals surface area (Å²) in [5.41, 5.74) is 5.94. The third-order valence-electron chi connectivity index (χ3n) is 3.82. The first-order chi connectivity index (χ1) is 13.2. The normalized spacial score (nSPS) is 17.8. The van der Waals surface area contributed by atoms with Gasteiger partial charge in [0.25, 0.3) is 5.91 Å². The SMILES string of the molecule is CC(C)(C)OC(=O)N[C@@H]1CCCN(C(N)=NC(=O)OCc2ccccc2)C1=O. The Balaban J connectivity index is 1.93. The second-order valence-electron chi connectivity index (χ2n) is 7.34. The van der Waals surface area contributed by atoms with E-state index in [9.17, 15) is 14.4 Å². The molecular weight excluding hydrogens is 364 g/mol. The number of benzene rings is 1. The first kappa shape index (κ1) is 21.2. The van der Waals surface area contributed by atoms with Crippen molar-refractivity contribution in [3.63, 3.8) is 0 Å². The number of amides is 3. The lowest BCUT2D eigenvalue weighted by Crippen LogP contribution is -2.56. The number of alkyl carbamates (subject to hydrolysis) is 1. The van der Waals surface area contributed by atoms with Crippen LogP contribution in [0.5, 0.6) is 0 Å². The predicted octanol–water partition coefficient (Wildman–Crippen LogP) is 2.15. The van der Waals surface area contributed by atoms with Gasteiger partial charge in [-0.15, -0.1) is 4.99 Å². The molecule has 0 aromatic heterocycles. The zero-order valence-corrected chi connectivity index (χ0v) is 16.3. The van der Waals surface area contributed by atoms with Crippen LogP contribution in [0.2, 0.25) is 0 Å². The van der Waals surface area contributed by atoms with Crippen molar-refractivity contribution in [1.29, 1.82) is 0 Å². The van der Waals surface area contributed by atoms with Gasteiger partial charge in [0.15, 0.2) is 0 Å². The average molecular weight is 390 g/mol. The number of carbonyl (C=O) groups is 3. The molecule has 1 saturated heterocycles. The number of hydrogen-bond donors (Lipinski definition) is 2. The molecule has 1 heterocycles. The Hall–Kier alpha value is -3.10. The number of nitrogens with two attached hydrogens (primary N) is 1. The number of guanidine groups is 1. The summed E-state index contributed by atoms with van der Waals surface area (Å²) < 4.78 is 10.2. The lowest BCUT2D eigenvalue weighted by Gasteiger charge is -2.32. The number of ether oxygens (including phenoxy) is 2. The number of nitrogens with one attached hydrogen (secondary N) is 1. The maximum absolute atomic E-state index is 12.6. The molecule has 0 unspecified atom stereocenters. The number of carbonyl (C=O) groups excluding carboxylic acids is 3. The molecule has 1 fully saturated rings. The van der Waals surface area contributed by atoms with Crippen LogP contribution in [0.25, 0.3) is 0 Å². The first-order valence-corrected chi connectivity index (χ1v) is 9.01. The zero-order chi connectivity index (χ0) is 20.7. The summed E-state index contributed by atoms with van der Waals surface area (Å²) in [6, 6.07) is 8.32. The van der Waals surface area contributed by atoms with Gasteiger partial charge in [-0.1, -0.05) is 30.3 Å². The molecule has 9 nitrogen and oxygen atoms in total. The summed E-state index contributed by atoms with van der Waals surface area (Å²) in [4.78, 5) is 41.1. The van der Waals surface area contributed by atoms with Gasteiger partial charge in [0.2, 0.25) is 5.96 Å². The number of rotatable bonds is 3. The maximum Gasteiger partial charge on any atom is 0.437 e. The average Bonchev–Trinajstić information content (AvgIpc) is 2.61. The Morgan fingerprint density at radius 2 is 1.96 bits per heavy atom. The molecule has 3 N–H and O–H groups in total. The number of likely N-dealkylation sites (tertiary alicyclic amines) is 1. The highest BCUT2D eigenvalue weighted by molar-refractivity contribution is 6.03. The van der Waals surface area contributed by atoms with Crippen LogP contribution >= 0.6 is 0 Å². The molecule has 9 heteroatoms. The lowest BCUT2D eigenvalue weighted by molar-refractivity contribution is -0.131. The van der Waals surface area contributed by atoms with Crippen LogP contribution in [-0.2, 0) is 20.9 Å². The smallest absolute Gasteiger partial charge is 0.437 e. The van der Waals surface area contributed by atoms with Crippen LogP contribution in [0.4, 0.5) is 9.59 Å². The largest absolute Gasteiger partial charge is 0.444 e. The number of nitrogens with zero attached hydrogens (tertiary/aromatic N) is 2. The quantitative estimate of drug-likeness (QED) is 0.602. The zero-order valence-electron chi connectivity index (χ0n) is 16.3. The van der Waals surface area contributed by atoms with Crippen molar-refractivity contribution in [2.24, 2.45) is 10.7 Å². The molecule has 1 aliphatic heterocycles. The minimum atomic E-state index is -0.892. The maximum atomic E-state index is 12.6. The Bertz CT molecular complexity index is 742. The topological polar surface area (TPSA) is 123 Å². The van der Waals surface area contributed by atoms with Crippen molar-refractivity contribution in [2.75, 3.05) is 6.54 Å². The lowest BCUT2D eigenvalue weighted by atomic mass is 10.1. The molecule has 0 spiro atoms. The van der Waals surface area contributed by atoms with E-state index in [1.165, 1.54) is 0 Å². The fourth-order valence-corrected chi connectivity index (χ4v) is 2.59. The standard InChI is InChI=1S/C19H26N4O5/c1-19(2,3)28-18(26)21-14-10-7-11-23(15(14)24)16(20)22-17(25)27-12-13-8-5-4-6-9-13/h4-6,8-9,14H,7,10-12H2,1-3H3,(H,21,26)(H2,20,22,25)/t14-/m1/s1. The summed E-state index contributed by atoms with van der Waals surface area (Å²) in [5, 5.41) is 2.53. The molecule has 1 atom stereocenters. The van der Waals surface area contributed by atoms with Crippen LogP contribution in [-0.4, -0.2) is 47.1 Å². The van der Waals surface area contributed by atoms with Gasteiger partial charge in [0, 0.05) is 6.54 Å². The van der Waals surface area contributed by atoms with Crippen LogP contribution in [0.15, 0.2) is 35.3 Å². The Morgan fingerprint density at radius 1 is 1.29 bits per heavy atom. The van der Waals surface area contributed by atoms with Crippen molar-refractivity contribution in [2.45, 2.75) is 51.9 Å². The first-order valence-electron chi connectivity index (χ1n) is 9.01. The molecular formula is C19H26N4O5. The van der Waals surface area contributed by atoms with Gasteiger partial charge in [-0.05, 0) is 39.2 Å². The highest BCUT2D eigenvalue weighted by atomic mass is 16.6. The van der Waals surface area contributed by atoms with Crippen molar-refractivity contribution in [3.8, 4) is 0 Å². The highest BCUT2D eigenvalue weighted by Crippen LogP contribution is 2.14. The summed E-state index contributed by atoms with van der Waals surface area (Å²) >= 11 is 0. The number of hydrogen-bond acceptors (Lipinski definition) is 5. The van der Waals surface area contributed by atoms with E-state index in [1.807, 2.05) is 18.2 Å². The van der Waals surface area contributed by atoms with Gasteiger partial charge in [0.05, 0.1) is 0 Å². The molecule has 152 valence electrons. The van der Waals surface area contributed by atoms with Crippen molar-refractivity contribution in [1.82, 2.24) is 10.2 Å². The van der Waals surface area contributed by atoms with Crippen LogP contribution in [0, 0.1) is 0 Å². The highest BCUT2D eigenvalue weighted by Gasteiger charge is 2.33. The van der Waals surface area contributed by atoms with Gasteiger partial charge >= 0.3 is 12.2 Å². The van der Waals surface area contributed by atoms with Crippen LogP contribution < -0.4 is 11.1 Å². The second-order valence-corrected chi connectivity index (χ2v) is 7.34. The van der Waals surface area contributed by atoms with Crippen molar-refractivity contribution >= 4 is 24.1 Å². The van der Waals surface area contributed by atoms with E-state index in [2.05, 4.69) is 10.3 Å². The molecule has 1 aromatic carbocycles. The predicted molar refractivity (Wildman–Crippen MR) is 102 cm³/mol. The van der Waals surface area contributed by atoms with E-state index in [0.717, 1.165) is 10.5 Å². The van der Waals surface area contributed by atoms with Crippen molar-refractivity contribution < 1.29 is 23.9 Å². The molecule has 2 rings (SSSR count). The van der Waals surface area contributed by atoms with Crippen LogP contribution in [0.1, 0.15) is 39.2 Å². The van der Waals surface area contributed by atoms with Gasteiger partial charge in [-0.3, -0.25) is 9.69 Å². The molecule has 1 aliphatic rings. The summed E-state index contributed by atoms with van der Waals surface area (Å²) in [7, 11) is 0. The fourth-order valence-electron chi connectivity index (χ4n) is 2.59. The summed E-state index contributed by atoms with van der Waals surface area (Å²) in [6.07, 6.45) is -0.552. The summed E-state index contributed by atoms with van der Waals surface area (Å²) in [5.74, 6) is -0.715. The molecule has 1 aromatic rings. The van der Waals surface area contributed by atoms with Gasteiger partial charge < -0.3 is 20.5 Å². The van der Waals surface area contributed by atoms with E-state index < -0.39 is 29.7 Å². The van der Waals surface area contributed by atoms with Gasteiger partial charge in [-0.25, -0.2) is 9.59 Å². The van der Waals surface area contributed by atoms with Crippen LogP contribution in [0.3, 0.4) is 0 Å². The van der Waals surface area contributed by atoms with E-state index in [0.29, 0.717) is 19.4 Å². The monoisotopic (exact) mass is 390 g/mol. The molecule has 0 bridgehead atoms. The number of aliphatic imine (C=N–C) groups is 1. The minimum absolute atomic E-state index is 0.0488. The molecule has 0 saturated carbocycles. The minimum Gasteiger partial charge on any atom is -0.444 e. The van der Waals surface area contributed by atoms with Gasteiger partial charge in [0.1, 0.15) is 18.2 Å². The van der Waals surface area contributed by atoms with E-state index in [1.54, 1.807) is 32.9 Å². The third-order valence-corrected chi connectivity index (χ3v) is 3.82. The molecule has 3 amide bonds. The van der Waals surface area contributed by atoms with Gasteiger partial charge in [-0.2, -0.15) is 0 Å².